The highest BCUT2D eigenvalue weighted by molar-refractivity contribution is 5.68. The van der Waals surface area contributed by atoms with E-state index in [0.29, 0.717) is 0 Å². The SMILES string of the molecule is [2H]C([2H])([2H])C([2H])([2H])CCCC(=O)OC. The summed E-state index contributed by atoms with van der Waals surface area (Å²) in [7, 11) is 1.24. The van der Waals surface area contributed by atoms with Gasteiger partial charge in [-0.05, 0) is 6.42 Å². The molecule has 0 N–H and O–H groups in total. The molecular formula is C7H14O2. The molecule has 0 radical (unpaired) electrons. The van der Waals surface area contributed by atoms with Crippen molar-refractivity contribution in [3.8, 4) is 0 Å². The third-order valence-corrected chi connectivity index (χ3v) is 0.910. The van der Waals surface area contributed by atoms with Gasteiger partial charge in [-0.2, -0.15) is 0 Å². The molecule has 0 aromatic rings. The Labute approximate surface area is 63.2 Å². The molecule has 0 aliphatic heterocycles. The van der Waals surface area contributed by atoms with E-state index in [1.54, 1.807) is 0 Å². The fraction of sp³-hybridized carbons (Fsp3) is 0.857. The molecule has 0 rings (SSSR count). The van der Waals surface area contributed by atoms with Crippen LogP contribution in [0.2, 0.25) is 0 Å². The van der Waals surface area contributed by atoms with Crippen LogP contribution in [0.3, 0.4) is 0 Å². The van der Waals surface area contributed by atoms with Crippen LogP contribution in [0, 0.1) is 0 Å². The second kappa shape index (κ2) is 5.60. The summed E-state index contributed by atoms with van der Waals surface area (Å²) < 4.78 is 39.5. The van der Waals surface area contributed by atoms with Gasteiger partial charge in [-0.15, -0.1) is 0 Å². The molecule has 0 aromatic carbocycles. The summed E-state index contributed by atoms with van der Waals surface area (Å²) in [4.78, 5) is 10.7. The second-order valence-corrected chi connectivity index (χ2v) is 1.61. The minimum Gasteiger partial charge on any atom is -0.469 e. The van der Waals surface area contributed by atoms with E-state index in [-0.39, 0.29) is 19.3 Å². The molecular weight excluding hydrogens is 116 g/mol. The first kappa shape index (κ1) is 3.04. The van der Waals surface area contributed by atoms with Crippen molar-refractivity contribution in [1.29, 1.82) is 0 Å². The maximum absolute atomic E-state index is 10.7. The number of hydrogen-bond acceptors (Lipinski definition) is 2. The Morgan fingerprint density at radius 2 is 2.56 bits per heavy atom. The van der Waals surface area contributed by atoms with Crippen LogP contribution < -0.4 is 0 Å². The molecule has 0 spiro atoms. The molecule has 0 aliphatic carbocycles. The Morgan fingerprint density at radius 3 is 3.11 bits per heavy atom. The number of methoxy groups -OCH3 is 1. The maximum atomic E-state index is 10.7. The van der Waals surface area contributed by atoms with Crippen molar-refractivity contribution in [3.05, 3.63) is 0 Å². The number of carbonyl (C=O) groups excluding carboxylic acids is 1. The average Bonchev–Trinajstić information content (AvgIpc) is 2.01. The Kier molecular flexibility index (Phi) is 1.89. The monoisotopic (exact) mass is 135 g/mol. The first-order chi connectivity index (χ1) is 6.20. The van der Waals surface area contributed by atoms with Crippen molar-refractivity contribution in [2.75, 3.05) is 7.11 Å². The molecule has 0 aliphatic rings. The molecule has 9 heavy (non-hydrogen) atoms. The van der Waals surface area contributed by atoms with E-state index < -0.39 is 19.2 Å². The summed E-state index contributed by atoms with van der Waals surface area (Å²) in [6.07, 6.45) is -2.18. The van der Waals surface area contributed by atoms with Crippen molar-refractivity contribution >= 4 is 5.97 Å². The first-order valence-electron chi connectivity index (χ1n) is 5.27. The zero-order valence-corrected chi connectivity index (χ0v) is 5.44. The van der Waals surface area contributed by atoms with Gasteiger partial charge in [0.05, 0.1) is 7.11 Å². The van der Waals surface area contributed by atoms with Crippen LogP contribution in [0.5, 0.6) is 0 Å². The van der Waals surface area contributed by atoms with Gasteiger partial charge in [-0.25, -0.2) is 0 Å². The van der Waals surface area contributed by atoms with Crippen molar-refractivity contribution in [2.24, 2.45) is 0 Å². The fourth-order valence-electron chi connectivity index (χ4n) is 0.423. The van der Waals surface area contributed by atoms with Crippen LogP contribution in [0.25, 0.3) is 0 Å². The normalized spacial score (nSPS) is 20.3. The molecule has 0 bridgehead atoms. The molecule has 2 nitrogen and oxygen atoms in total. The highest BCUT2D eigenvalue weighted by Gasteiger charge is 1.96. The maximum Gasteiger partial charge on any atom is 0.305 e. The van der Waals surface area contributed by atoms with Gasteiger partial charge in [0.15, 0.2) is 0 Å². The van der Waals surface area contributed by atoms with E-state index >= 15 is 0 Å². The van der Waals surface area contributed by atoms with Gasteiger partial charge in [0, 0.05) is 13.3 Å². The van der Waals surface area contributed by atoms with Gasteiger partial charge in [0.1, 0.15) is 0 Å². The molecule has 0 amide bonds. The van der Waals surface area contributed by atoms with E-state index in [4.69, 9.17) is 6.85 Å². The van der Waals surface area contributed by atoms with Gasteiger partial charge < -0.3 is 4.74 Å². The van der Waals surface area contributed by atoms with E-state index in [1.807, 2.05) is 0 Å². The molecule has 0 saturated heterocycles. The summed E-state index contributed by atoms with van der Waals surface area (Å²) in [5.74, 6) is -0.452. The molecule has 0 aromatic heterocycles. The van der Waals surface area contributed by atoms with Crippen LogP contribution in [0.1, 0.15) is 39.3 Å². The number of esters is 1. The Morgan fingerprint density at radius 1 is 1.78 bits per heavy atom. The first-order valence-corrected chi connectivity index (χ1v) is 2.77. The lowest BCUT2D eigenvalue weighted by atomic mass is 10.2. The highest BCUT2D eigenvalue weighted by atomic mass is 16.5. The highest BCUT2D eigenvalue weighted by Crippen LogP contribution is 1.98. The van der Waals surface area contributed by atoms with Crippen molar-refractivity contribution < 1.29 is 16.4 Å². The summed E-state index contributed by atoms with van der Waals surface area (Å²) in [6, 6.07) is 0. The van der Waals surface area contributed by atoms with E-state index in [1.165, 1.54) is 7.11 Å². The summed E-state index contributed by atoms with van der Waals surface area (Å²) >= 11 is 0. The molecule has 0 fully saturated rings. The van der Waals surface area contributed by atoms with Gasteiger partial charge in [0.25, 0.3) is 0 Å². The number of hydrogen-bond donors (Lipinski definition) is 0. The topological polar surface area (TPSA) is 26.3 Å². The van der Waals surface area contributed by atoms with Crippen LogP contribution in [0.4, 0.5) is 0 Å². The van der Waals surface area contributed by atoms with Gasteiger partial charge in [-0.3, -0.25) is 4.79 Å². The van der Waals surface area contributed by atoms with E-state index in [9.17, 15) is 4.79 Å². The standard InChI is InChI=1S/C7H14O2/c1-3-4-5-6-7(8)9-2/h3-6H2,1-2H3/i1D3,3D2. The van der Waals surface area contributed by atoms with Crippen LogP contribution in [-0.2, 0) is 9.53 Å². The molecule has 0 atom stereocenters. The summed E-state index contributed by atoms with van der Waals surface area (Å²) in [6.45, 7) is -2.64. The van der Waals surface area contributed by atoms with Gasteiger partial charge in [-0.1, -0.05) is 19.6 Å². The fourth-order valence-corrected chi connectivity index (χ4v) is 0.423. The third-order valence-electron chi connectivity index (χ3n) is 0.910. The lowest BCUT2D eigenvalue weighted by Crippen LogP contribution is -1.98. The number of carbonyl (C=O) groups is 1. The second-order valence-electron chi connectivity index (χ2n) is 1.61. The van der Waals surface area contributed by atoms with Crippen LogP contribution in [0.15, 0.2) is 0 Å². The number of rotatable bonds is 4. The van der Waals surface area contributed by atoms with E-state index in [0.717, 1.165) is 0 Å². The average molecular weight is 135 g/mol. The molecule has 54 valence electrons. The molecule has 0 saturated carbocycles. The van der Waals surface area contributed by atoms with Gasteiger partial charge >= 0.3 is 5.97 Å². The van der Waals surface area contributed by atoms with Crippen molar-refractivity contribution in [2.45, 2.75) is 32.5 Å². The third kappa shape index (κ3) is 5.34. The molecule has 0 heterocycles. The Bertz CT molecular complexity index is 199. The zero-order valence-electron chi connectivity index (χ0n) is 10.4. The van der Waals surface area contributed by atoms with Crippen molar-refractivity contribution in [3.63, 3.8) is 0 Å². The van der Waals surface area contributed by atoms with Crippen LogP contribution >= 0.6 is 0 Å². The van der Waals surface area contributed by atoms with Gasteiger partial charge in [0.2, 0.25) is 0 Å². The largest absolute Gasteiger partial charge is 0.469 e. The minimum atomic E-state index is -2.64. The predicted molar refractivity (Wildman–Crippen MR) is 36.2 cm³/mol. The summed E-state index contributed by atoms with van der Waals surface area (Å²) in [5.41, 5.74) is 0. The summed E-state index contributed by atoms with van der Waals surface area (Å²) in [5, 5.41) is 0. The number of ether oxygens (including phenoxy) is 1. The Hall–Kier alpha value is -0.530. The lowest BCUT2D eigenvalue weighted by molar-refractivity contribution is -0.140. The Balaban J connectivity index is 3.95. The molecule has 0 unspecified atom stereocenters. The minimum absolute atomic E-state index is 0.0477. The zero-order chi connectivity index (χ0) is 11.4. The molecule has 2 heteroatoms. The smallest absolute Gasteiger partial charge is 0.305 e. The van der Waals surface area contributed by atoms with Crippen LogP contribution in [-0.4, -0.2) is 13.1 Å². The van der Waals surface area contributed by atoms with Crippen molar-refractivity contribution in [1.82, 2.24) is 0 Å². The van der Waals surface area contributed by atoms with E-state index in [2.05, 4.69) is 4.74 Å². The predicted octanol–water partition coefficient (Wildman–Crippen LogP) is 1.74. The lowest BCUT2D eigenvalue weighted by Gasteiger charge is -1.95. The quantitative estimate of drug-likeness (QED) is 0.549.